The first-order valence-electron chi connectivity index (χ1n) is 11.6. The number of nitrogens with one attached hydrogen (secondary N) is 1. The van der Waals surface area contributed by atoms with E-state index in [2.05, 4.69) is 82.7 Å². The van der Waals surface area contributed by atoms with Crippen LogP contribution in [-0.4, -0.2) is 50.9 Å². The average molecular weight is 464 g/mol. The molecule has 1 saturated heterocycles. The maximum atomic E-state index is 9.73. The van der Waals surface area contributed by atoms with Crippen molar-refractivity contribution in [1.29, 1.82) is 0 Å². The van der Waals surface area contributed by atoms with Gasteiger partial charge >= 0.3 is 0 Å². The zero-order chi connectivity index (χ0) is 23.5. The highest BCUT2D eigenvalue weighted by Crippen LogP contribution is 2.41. The van der Waals surface area contributed by atoms with Crippen molar-refractivity contribution in [2.75, 3.05) is 31.1 Å². The zero-order valence-corrected chi connectivity index (χ0v) is 20.6. The van der Waals surface area contributed by atoms with Gasteiger partial charge in [0.25, 0.3) is 0 Å². The average Bonchev–Trinajstić information content (AvgIpc) is 3.31. The Bertz CT molecular complexity index is 1090. The normalized spacial score (nSPS) is 18.0. The number of β-amino-alcohol motifs (C(OH)–C–C–N with tert-alkyl or cyclic N) is 1. The molecule has 2 atom stereocenters. The number of aryl methyl sites for hydroxylation is 1. The van der Waals surface area contributed by atoms with E-state index in [-0.39, 0.29) is 18.7 Å². The van der Waals surface area contributed by atoms with Gasteiger partial charge in [0.1, 0.15) is 0 Å². The predicted molar refractivity (Wildman–Crippen MR) is 138 cm³/mol. The minimum atomic E-state index is -0.0794. The van der Waals surface area contributed by atoms with Gasteiger partial charge in [-0.1, -0.05) is 6.07 Å². The van der Waals surface area contributed by atoms with Crippen molar-refractivity contribution in [1.82, 2.24) is 19.8 Å². The summed E-state index contributed by atoms with van der Waals surface area (Å²) in [6, 6.07) is 16.8. The van der Waals surface area contributed by atoms with Crippen LogP contribution in [0.15, 0.2) is 54.7 Å². The molecule has 1 aromatic carbocycles. The summed E-state index contributed by atoms with van der Waals surface area (Å²) in [4.78, 5) is 9.04. The molecule has 174 valence electrons. The van der Waals surface area contributed by atoms with E-state index < -0.39 is 0 Å². The van der Waals surface area contributed by atoms with E-state index in [1.807, 2.05) is 24.4 Å². The van der Waals surface area contributed by atoms with E-state index in [0.29, 0.717) is 11.7 Å². The molecular weight excluding hydrogens is 430 g/mol. The fraction of sp³-hybridized carbons (Fsp3) is 0.385. The quantitative estimate of drug-likeness (QED) is 0.486. The third-order valence-corrected chi connectivity index (χ3v) is 6.92. The first-order chi connectivity index (χ1) is 16.0. The summed E-state index contributed by atoms with van der Waals surface area (Å²) in [6.45, 7) is 11.2. The molecule has 0 amide bonds. The van der Waals surface area contributed by atoms with Gasteiger partial charge in [0.2, 0.25) is 0 Å². The molecule has 0 spiro atoms. The van der Waals surface area contributed by atoms with Crippen LogP contribution in [0.25, 0.3) is 5.69 Å². The molecule has 3 heterocycles. The zero-order valence-electron chi connectivity index (χ0n) is 19.8. The Kier molecular flexibility index (Phi) is 7.00. The Hall–Kier alpha value is -2.90. The van der Waals surface area contributed by atoms with E-state index in [4.69, 9.17) is 12.2 Å². The summed E-state index contributed by atoms with van der Waals surface area (Å²) in [5, 5.41) is 13.8. The van der Waals surface area contributed by atoms with E-state index in [1.165, 1.54) is 22.6 Å². The highest BCUT2D eigenvalue weighted by Gasteiger charge is 2.41. The van der Waals surface area contributed by atoms with Crippen molar-refractivity contribution < 1.29 is 5.11 Å². The van der Waals surface area contributed by atoms with Gasteiger partial charge in [0.15, 0.2) is 5.11 Å². The van der Waals surface area contributed by atoms with E-state index in [0.717, 1.165) is 24.5 Å². The number of rotatable bonds is 8. The summed E-state index contributed by atoms with van der Waals surface area (Å²) in [7, 11) is 0. The summed E-state index contributed by atoms with van der Waals surface area (Å²) in [5.74, 6) is 0. The van der Waals surface area contributed by atoms with Gasteiger partial charge in [-0.25, -0.2) is 0 Å². The number of hydrogen-bond acceptors (Lipinski definition) is 4. The van der Waals surface area contributed by atoms with Crippen molar-refractivity contribution >= 4 is 23.0 Å². The predicted octanol–water partition coefficient (Wildman–Crippen LogP) is 4.30. The van der Waals surface area contributed by atoms with Gasteiger partial charge in [-0.05, 0) is 87.9 Å². The van der Waals surface area contributed by atoms with Gasteiger partial charge in [-0.2, -0.15) is 0 Å². The molecule has 7 heteroatoms. The van der Waals surface area contributed by atoms with Gasteiger partial charge < -0.3 is 24.8 Å². The van der Waals surface area contributed by atoms with Crippen molar-refractivity contribution in [3.05, 3.63) is 77.4 Å². The maximum absolute atomic E-state index is 9.73. The van der Waals surface area contributed by atoms with Crippen LogP contribution in [0.5, 0.6) is 0 Å². The maximum Gasteiger partial charge on any atom is 0.170 e. The Morgan fingerprint density at radius 1 is 1.09 bits per heavy atom. The van der Waals surface area contributed by atoms with Gasteiger partial charge in [-0.3, -0.25) is 4.98 Å². The fourth-order valence-electron chi connectivity index (χ4n) is 4.98. The third kappa shape index (κ3) is 4.35. The molecule has 2 aromatic heterocycles. The minimum absolute atomic E-state index is 0.0405. The van der Waals surface area contributed by atoms with E-state index >= 15 is 0 Å². The van der Waals surface area contributed by atoms with Gasteiger partial charge in [0, 0.05) is 48.6 Å². The highest BCUT2D eigenvalue weighted by molar-refractivity contribution is 7.80. The number of aliphatic hydroxyl groups excluding tert-OH is 1. The van der Waals surface area contributed by atoms with Gasteiger partial charge in [-0.15, -0.1) is 0 Å². The van der Waals surface area contributed by atoms with Crippen LogP contribution >= 0.6 is 12.2 Å². The SMILES string of the molecule is CCN(CC)c1ccc(-n2c(C)cc([C@@H]3[C@@H](c4ccccn4)NC(=S)N3CCO)c2C)cc1. The number of nitrogens with zero attached hydrogens (tertiary/aromatic N) is 4. The molecule has 33 heavy (non-hydrogen) atoms. The van der Waals surface area contributed by atoms with Crippen molar-refractivity contribution in [3.8, 4) is 5.69 Å². The molecule has 0 unspecified atom stereocenters. The molecule has 0 aliphatic carbocycles. The van der Waals surface area contributed by atoms with Crippen LogP contribution in [0.4, 0.5) is 5.69 Å². The Labute approximate surface area is 201 Å². The lowest BCUT2D eigenvalue weighted by Gasteiger charge is -2.27. The van der Waals surface area contributed by atoms with Crippen LogP contribution in [0.2, 0.25) is 0 Å². The lowest BCUT2D eigenvalue weighted by molar-refractivity contribution is 0.223. The molecule has 1 fully saturated rings. The molecule has 0 saturated carbocycles. The smallest absolute Gasteiger partial charge is 0.170 e. The molecule has 6 nitrogen and oxygen atoms in total. The first-order valence-corrected chi connectivity index (χ1v) is 12.0. The van der Waals surface area contributed by atoms with Crippen molar-refractivity contribution in [2.45, 2.75) is 39.8 Å². The topological polar surface area (TPSA) is 56.6 Å². The number of benzene rings is 1. The lowest BCUT2D eigenvalue weighted by atomic mass is 9.97. The minimum Gasteiger partial charge on any atom is -0.395 e. The van der Waals surface area contributed by atoms with Crippen molar-refractivity contribution in [3.63, 3.8) is 0 Å². The molecular formula is C26H33N5OS. The molecule has 3 aromatic rings. The number of thiocarbonyl (C=S) groups is 1. The summed E-state index contributed by atoms with van der Waals surface area (Å²) in [6.07, 6.45) is 1.81. The van der Waals surface area contributed by atoms with Crippen LogP contribution in [-0.2, 0) is 0 Å². The molecule has 1 aliphatic rings. The fourth-order valence-corrected chi connectivity index (χ4v) is 5.31. The molecule has 0 radical (unpaired) electrons. The Balaban J connectivity index is 1.75. The van der Waals surface area contributed by atoms with Crippen molar-refractivity contribution in [2.24, 2.45) is 0 Å². The summed E-state index contributed by atoms with van der Waals surface area (Å²) < 4.78 is 2.30. The number of aromatic nitrogens is 2. The number of hydrogen-bond donors (Lipinski definition) is 2. The second-order valence-electron chi connectivity index (χ2n) is 8.39. The van der Waals surface area contributed by atoms with Crippen LogP contribution in [0, 0.1) is 13.8 Å². The monoisotopic (exact) mass is 463 g/mol. The van der Waals surface area contributed by atoms with Gasteiger partial charge in [0.05, 0.1) is 24.4 Å². The Morgan fingerprint density at radius 2 is 1.82 bits per heavy atom. The molecule has 1 aliphatic heterocycles. The lowest BCUT2D eigenvalue weighted by Crippen LogP contribution is -2.32. The second kappa shape index (κ2) is 9.93. The molecule has 2 N–H and O–H groups in total. The van der Waals surface area contributed by atoms with E-state index in [9.17, 15) is 5.11 Å². The summed E-state index contributed by atoms with van der Waals surface area (Å²) in [5.41, 5.74) is 6.85. The molecule has 0 bridgehead atoms. The van der Waals surface area contributed by atoms with Crippen LogP contribution in [0.1, 0.15) is 48.6 Å². The van der Waals surface area contributed by atoms with E-state index in [1.54, 1.807) is 0 Å². The first kappa shape index (κ1) is 23.3. The number of pyridine rings is 1. The molecule has 4 rings (SSSR count). The second-order valence-corrected chi connectivity index (χ2v) is 8.78. The van der Waals surface area contributed by atoms with Crippen LogP contribution in [0.3, 0.4) is 0 Å². The largest absolute Gasteiger partial charge is 0.395 e. The number of anilines is 1. The standard InChI is InChI=1S/C26H33N5OS/c1-5-29(6-2)20-10-12-21(13-11-20)31-18(3)17-22(19(31)4)25-24(23-9-7-8-14-27-23)28-26(33)30(25)15-16-32/h7-14,17,24-25,32H,5-6,15-16H2,1-4H3,(H,28,33)/t24-,25-/m1/s1. The van der Waals surface area contributed by atoms with Crippen LogP contribution < -0.4 is 10.2 Å². The number of aliphatic hydroxyl groups is 1. The Morgan fingerprint density at radius 3 is 2.42 bits per heavy atom. The highest BCUT2D eigenvalue weighted by atomic mass is 32.1. The summed E-state index contributed by atoms with van der Waals surface area (Å²) >= 11 is 5.66. The third-order valence-electron chi connectivity index (χ3n) is 6.56.